The summed E-state index contributed by atoms with van der Waals surface area (Å²) in [5, 5.41) is 0.423. The molecule has 29 heavy (non-hydrogen) atoms. The number of hydrogen-bond donors (Lipinski definition) is 0. The maximum absolute atomic E-state index is 12.5. The van der Waals surface area contributed by atoms with Crippen LogP contribution in [0.4, 0.5) is 0 Å². The van der Waals surface area contributed by atoms with Crippen molar-refractivity contribution in [3.63, 3.8) is 0 Å². The molecular formula is C20H18BrClN2O5. The highest BCUT2D eigenvalue weighted by Crippen LogP contribution is 2.37. The molecule has 0 unspecified atom stereocenters. The minimum absolute atomic E-state index is 0.152. The number of aromatic nitrogens is 2. The molecule has 1 aromatic carbocycles. The second-order valence-corrected chi connectivity index (χ2v) is 7.37. The van der Waals surface area contributed by atoms with Crippen LogP contribution in [0.1, 0.15) is 29.4 Å². The molecule has 152 valence electrons. The summed E-state index contributed by atoms with van der Waals surface area (Å²) >= 11 is 9.29. The Hall–Kier alpha value is -2.58. The Balaban J connectivity index is 1.79. The Bertz CT molecular complexity index is 1120. The minimum Gasteiger partial charge on any atom is -0.493 e. The monoisotopic (exact) mass is 480 g/mol. The van der Waals surface area contributed by atoms with Crippen LogP contribution in [0.5, 0.6) is 11.5 Å². The van der Waals surface area contributed by atoms with Gasteiger partial charge in [0.15, 0.2) is 11.5 Å². The molecule has 2 aromatic heterocycles. The van der Waals surface area contributed by atoms with Gasteiger partial charge in [-0.2, -0.15) is 0 Å². The maximum atomic E-state index is 12.5. The van der Waals surface area contributed by atoms with Gasteiger partial charge in [-0.25, -0.2) is 9.78 Å². The molecule has 0 spiro atoms. The van der Waals surface area contributed by atoms with Crippen molar-refractivity contribution in [1.29, 1.82) is 0 Å². The van der Waals surface area contributed by atoms with Crippen molar-refractivity contribution in [3.8, 4) is 11.5 Å². The summed E-state index contributed by atoms with van der Waals surface area (Å²) in [6.45, 7) is 2.36. The number of methoxy groups -OCH3 is 1. The molecule has 0 radical (unpaired) electrons. The van der Waals surface area contributed by atoms with Gasteiger partial charge in [0.05, 0.1) is 34.5 Å². The number of carbonyl (C=O) groups excluding carboxylic acids is 1. The van der Waals surface area contributed by atoms with E-state index in [9.17, 15) is 9.59 Å². The molecule has 0 fully saturated rings. The number of halogens is 2. The minimum atomic E-state index is -0.579. The van der Waals surface area contributed by atoms with Crippen LogP contribution in [0.15, 0.2) is 45.8 Å². The van der Waals surface area contributed by atoms with Gasteiger partial charge in [-0.1, -0.05) is 18.5 Å². The smallest absolute Gasteiger partial charge is 0.338 e. The van der Waals surface area contributed by atoms with E-state index < -0.39 is 5.97 Å². The summed E-state index contributed by atoms with van der Waals surface area (Å²) in [4.78, 5) is 29.0. The van der Waals surface area contributed by atoms with Gasteiger partial charge in [0.25, 0.3) is 5.56 Å². The van der Waals surface area contributed by atoms with E-state index in [2.05, 4.69) is 20.9 Å². The van der Waals surface area contributed by atoms with Crippen molar-refractivity contribution >= 4 is 39.1 Å². The first-order valence-corrected chi connectivity index (χ1v) is 9.95. The van der Waals surface area contributed by atoms with Crippen LogP contribution in [0.2, 0.25) is 5.02 Å². The van der Waals surface area contributed by atoms with Crippen LogP contribution in [-0.2, 0) is 11.3 Å². The Morgan fingerprint density at radius 1 is 1.28 bits per heavy atom. The topological polar surface area (TPSA) is 79.1 Å². The van der Waals surface area contributed by atoms with E-state index in [0.29, 0.717) is 38.9 Å². The van der Waals surface area contributed by atoms with Gasteiger partial charge in [-0.3, -0.25) is 9.20 Å². The number of carbonyl (C=O) groups is 1. The van der Waals surface area contributed by atoms with E-state index in [1.165, 1.54) is 23.8 Å². The zero-order valence-electron chi connectivity index (χ0n) is 15.8. The van der Waals surface area contributed by atoms with E-state index in [1.54, 1.807) is 24.3 Å². The van der Waals surface area contributed by atoms with Gasteiger partial charge < -0.3 is 14.2 Å². The summed E-state index contributed by atoms with van der Waals surface area (Å²) < 4.78 is 18.2. The quantitative estimate of drug-likeness (QED) is 0.469. The van der Waals surface area contributed by atoms with Gasteiger partial charge in [0.2, 0.25) is 0 Å². The van der Waals surface area contributed by atoms with Crippen LogP contribution in [-0.4, -0.2) is 29.1 Å². The molecule has 0 aliphatic heterocycles. The Labute approximate surface area is 180 Å². The molecule has 2 heterocycles. The molecule has 7 nitrogen and oxygen atoms in total. The van der Waals surface area contributed by atoms with E-state index in [1.807, 2.05) is 6.92 Å². The lowest BCUT2D eigenvalue weighted by atomic mass is 10.2. The van der Waals surface area contributed by atoms with Crippen LogP contribution < -0.4 is 15.0 Å². The van der Waals surface area contributed by atoms with E-state index >= 15 is 0 Å². The molecule has 9 heteroatoms. The highest BCUT2D eigenvalue weighted by atomic mass is 79.9. The largest absolute Gasteiger partial charge is 0.493 e. The molecule has 3 rings (SSSR count). The number of fused-ring (bicyclic) bond motifs is 1. The second kappa shape index (κ2) is 9.28. The lowest BCUT2D eigenvalue weighted by molar-refractivity contribution is 0.0467. The van der Waals surface area contributed by atoms with Crippen LogP contribution in [0.25, 0.3) is 5.65 Å². The van der Waals surface area contributed by atoms with Crippen molar-refractivity contribution in [2.75, 3.05) is 13.7 Å². The summed E-state index contributed by atoms with van der Waals surface area (Å²) in [7, 11) is 1.49. The van der Waals surface area contributed by atoms with Crippen molar-refractivity contribution in [3.05, 3.63) is 67.6 Å². The lowest BCUT2D eigenvalue weighted by Crippen LogP contribution is -2.16. The fourth-order valence-corrected chi connectivity index (χ4v) is 3.32. The van der Waals surface area contributed by atoms with Gasteiger partial charge in [-0.05, 0) is 46.6 Å². The summed E-state index contributed by atoms with van der Waals surface area (Å²) in [6, 6.07) is 7.69. The summed E-state index contributed by atoms with van der Waals surface area (Å²) in [5.41, 5.74) is 0.710. The molecule has 3 aromatic rings. The fourth-order valence-electron chi connectivity index (χ4n) is 2.60. The molecule has 0 bridgehead atoms. The number of nitrogens with zero attached hydrogens (tertiary/aromatic N) is 2. The average Bonchev–Trinajstić information content (AvgIpc) is 2.71. The first-order valence-electron chi connectivity index (χ1n) is 8.78. The van der Waals surface area contributed by atoms with E-state index in [0.717, 1.165) is 6.42 Å². The number of rotatable bonds is 7. The third kappa shape index (κ3) is 4.89. The van der Waals surface area contributed by atoms with E-state index in [-0.39, 0.29) is 17.7 Å². The highest BCUT2D eigenvalue weighted by Gasteiger charge is 2.17. The normalized spacial score (nSPS) is 10.8. The summed E-state index contributed by atoms with van der Waals surface area (Å²) in [6.07, 6.45) is 2.32. The zero-order chi connectivity index (χ0) is 21.0. The second-order valence-electron chi connectivity index (χ2n) is 6.08. The Kier molecular flexibility index (Phi) is 6.76. The maximum Gasteiger partial charge on any atom is 0.338 e. The molecule has 0 amide bonds. The van der Waals surface area contributed by atoms with Crippen molar-refractivity contribution < 1.29 is 19.0 Å². The van der Waals surface area contributed by atoms with Crippen molar-refractivity contribution in [2.24, 2.45) is 0 Å². The van der Waals surface area contributed by atoms with Gasteiger partial charge in [-0.15, -0.1) is 0 Å². The van der Waals surface area contributed by atoms with Crippen molar-refractivity contribution in [2.45, 2.75) is 20.0 Å². The molecule has 0 N–H and O–H groups in total. The average molecular weight is 482 g/mol. The van der Waals surface area contributed by atoms with Gasteiger partial charge >= 0.3 is 5.97 Å². The van der Waals surface area contributed by atoms with E-state index in [4.69, 9.17) is 25.8 Å². The van der Waals surface area contributed by atoms with Crippen LogP contribution >= 0.6 is 27.5 Å². The molecule has 0 saturated carbocycles. The molecule has 0 aliphatic carbocycles. The first kappa shape index (κ1) is 21.1. The first-order chi connectivity index (χ1) is 13.9. The number of esters is 1. The molecular weight excluding hydrogens is 464 g/mol. The lowest BCUT2D eigenvalue weighted by Gasteiger charge is -2.13. The van der Waals surface area contributed by atoms with Gasteiger partial charge in [0, 0.05) is 12.3 Å². The number of benzene rings is 1. The molecule has 0 saturated heterocycles. The fraction of sp³-hybridized carbons (Fsp3) is 0.250. The predicted octanol–water partition coefficient (Wildman–Crippen LogP) is 4.26. The molecule has 0 atom stereocenters. The van der Waals surface area contributed by atoms with Crippen LogP contribution in [0, 0.1) is 0 Å². The summed E-state index contributed by atoms with van der Waals surface area (Å²) in [5.74, 6) is 0.358. The van der Waals surface area contributed by atoms with Crippen molar-refractivity contribution in [1.82, 2.24) is 9.38 Å². The third-order valence-corrected chi connectivity index (χ3v) is 4.76. The standard InChI is InChI=1S/C20H18BrClN2O5/c1-3-6-28-19-15(21)7-12(8-16(19)27-2)20(26)29-11-14-9-18(25)24-10-13(22)4-5-17(24)23-14/h4-5,7-10H,3,6,11H2,1-2H3. The molecule has 0 aliphatic rings. The SMILES string of the molecule is CCCOc1c(Br)cc(C(=O)OCc2cc(=O)n3cc(Cl)ccc3n2)cc1OC. The number of pyridine rings is 1. The van der Waals surface area contributed by atoms with Crippen LogP contribution in [0.3, 0.4) is 0 Å². The highest BCUT2D eigenvalue weighted by molar-refractivity contribution is 9.10. The third-order valence-electron chi connectivity index (χ3n) is 3.94. The predicted molar refractivity (Wildman–Crippen MR) is 112 cm³/mol. The Morgan fingerprint density at radius 2 is 2.07 bits per heavy atom. The van der Waals surface area contributed by atoms with Gasteiger partial charge in [0.1, 0.15) is 12.3 Å². The number of hydrogen-bond acceptors (Lipinski definition) is 6. The zero-order valence-corrected chi connectivity index (χ0v) is 18.1. The number of ether oxygens (including phenoxy) is 3. The Morgan fingerprint density at radius 3 is 2.79 bits per heavy atom.